The Morgan fingerprint density at radius 1 is 1.13 bits per heavy atom. The zero-order valence-electron chi connectivity index (χ0n) is 18.2. The van der Waals surface area contributed by atoms with Gasteiger partial charge in [0.15, 0.2) is 0 Å². The minimum atomic E-state index is 0.102. The molecular weight excluding hydrogens is 374 g/mol. The molecule has 1 aromatic heterocycles. The molecule has 4 saturated carbocycles. The van der Waals surface area contributed by atoms with Crippen molar-refractivity contribution in [3.05, 3.63) is 35.7 Å². The highest BCUT2D eigenvalue weighted by atomic mass is 16.5. The maximum atomic E-state index is 12.7. The van der Waals surface area contributed by atoms with Crippen LogP contribution in [0.3, 0.4) is 0 Å². The van der Waals surface area contributed by atoms with Crippen LogP contribution < -0.4 is 5.32 Å². The van der Waals surface area contributed by atoms with E-state index in [0.29, 0.717) is 30.0 Å². The van der Waals surface area contributed by atoms with Gasteiger partial charge >= 0.3 is 0 Å². The SMILES string of the molecule is CCc1ccc(-c2noc(CCC(=O)N[C@H](C)C34CC5CC(CC(C5)C3)C4)n2)cc1. The molecule has 5 heteroatoms. The van der Waals surface area contributed by atoms with E-state index in [4.69, 9.17) is 4.52 Å². The van der Waals surface area contributed by atoms with E-state index >= 15 is 0 Å². The molecule has 1 amide bonds. The maximum absolute atomic E-state index is 12.7. The molecule has 1 N–H and O–H groups in total. The van der Waals surface area contributed by atoms with Crippen LogP contribution >= 0.6 is 0 Å². The maximum Gasteiger partial charge on any atom is 0.227 e. The minimum absolute atomic E-state index is 0.102. The lowest BCUT2D eigenvalue weighted by molar-refractivity contribution is -0.125. The van der Waals surface area contributed by atoms with Crippen molar-refractivity contribution in [1.82, 2.24) is 15.5 Å². The Labute approximate surface area is 179 Å². The summed E-state index contributed by atoms with van der Waals surface area (Å²) in [7, 11) is 0. The van der Waals surface area contributed by atoms with Gasteiger partial charge < -0.3 is 9.84 Å². The van der Waals surface area contributed by atoms with Gasteiger partial charge in [-0.25, -0.2) is 0 Å². The van der Waals surface area contributed by atoms with Crippen LogP contribution in [0.5, 0.6) is 0 Å². The molecule has 0 saturated heterocycles. The van der Waals surface area contributed by atoms with Gasteiger partial charge in [-0.3, -0.25) is 4.79 Å². The lowest BCUT2D eigenvalue weighted by Gasteiger charge is -2.59. The molecule has 4 aliphatic rings. The normalized spacial score (nSPS) is 30.4. The first-order chi connectivity index (χ1) is 14.5. The summed E-state index contributed by atoms with van der Waals surface area (Å²) >= 11 is 0. The number of carbonyl (C=O) groups excluding carboxylic acids is 1. The van der Waals surface area contributed by atoms with Gasteiger partial charge in [-0.15, -0.1) is 0 Å². The van der Waals surface area contributed by atoms with Crippen molar-refractivity contribution < 1.29 is 9.32 Å². The third-order valence-electron chi connectivity index (χ3n) is 8.04. The molecule has 0 aliphatic heterocycles. The van der Waals surface area contributed by atoms with Gasteiger partial charge in [0.05, 0.1) is 0 Å². The standard InChI is InChI=1S/C25H33N3O2/c1-3-17-4-6-21(7-5-17)24-27-23(30-28-24)9-8-22(29)26-16(2)25-13-18-10-19(14-25)12-20(11-18)15-25/h4-7,16,18-20H,3,8-15H2,1-2H3,(H,26,29)/t16-,18?,19?,20?,25?/m1/s1. The summed E-state index contributed by atoms with van der Waals surface area (Å²) in [6, 6.07) is 8.48. The number of rotatable bonds is 7. The summed E-state index contributed by atoms with van der Waals surface area (Å²) in [6.07, 6.45) is 10.1. The van der Waals surface area contributed by atoms with E-state index < -0.39 is 0 Å². The molecule has 4 fully saturated rings. The van der Waals surface area contributed by atoms with Crippen LogP contribution in [-0.2, 0) is 17.6 Å². The number of aromatic nitrogens is 2. The molecule has 4 bridgehead atoms. The summed E-state index contributed by atoms with van der Waals surface area (Å²) in [5.74, 6) is 3.93. The van der Waals surface area contributed by atoms with E-state index in [2.05, 4.69) is 41.4 Å². The van der Waals surface area contributed by atoms with Crippen LogP contribution in [0, 0.1) is 23.2 Å². The highest BCUT2D eigenvalue weighted by Gasteiger charge is 2.53. The molecule has 2 aromatic rings. The topological polar surface area (TPSA) is 68.0 Å². The lowest BCUT2D eigenvalue weighted by atomic mass is 9.48. The Balaban J connectivity index is 1.15. The number of nitrogens with one attached hydrogen (secondary N) is 1. The number of hydrogen-bond acceptors (Lipinski definition) is 4. The molecule has 1 aromatic carbocycles. The second kappa shape index (κ2) is 7.82. The van der Waals surface area contributed by atoms with Crippen molar-refractivity contribution >= 4 is 5.91 Å². The van der Waals surface area contributed by atoms with Crippen LogP contribution in [0.15, 0.2) is 28.8 Å². The van der Waals surface area contributed by atoms with Crippen molar-refractivity contribution in [2.24, 2.45) is 23.2 Å². The number of hydrogen-bond donors (Lipinski definition) is 1. The third kappa shape index (κ3) is 3.79. The van der Waals surface area contributed by atoms with Crippen molar-refractivity contribution in [2.75, 3.05) is 0 Å². The lowest BCUT2D eigenvalue weighted by Crippen LogP contribution is -2.55. The molecular formula is C25H33N3O2. The average molecular weight is 408 g/mol. The minimum Gasteiger partial charge on any atom is -0.353 e. The van der Waals surface area contributed by atoms with Gasteiger partial charge in [-0.05, 0) is 80.6 Å². The largest absolute Gasteiger partial charge is 0.353 e. The second-order valence-electron chi connectivity index (χ2n) is 10.1. The van der Waals surface area contributed by atoms with Crippen molar-refractivity contribution in [3.8, 4) is 11.4 Å². The molecule has 1 heterocycles. The Hall–Kier alpha value is -2.17. The zero-order chi connectivity index (χ0) is 20.7. The predicted octanol–water partition coefficient (Wildman–Crippen LogP) is 4.95. The first kappa shape index (κ1) is 19.8. The zero-order valence-corrected chi connectivity index (χ0v) is 18.2. The predicted molar refractivity (Wildman–Crippen MR) is 116 cm³/mol. The molecule has 0 unspecified atom stereocenters. The van der Waals surface area contributed by atoms with E-state index in [1.54, 1.807) is 0 Å². The Morgan fingerprint density at radius 3 is 2.37 bits per heavy atom. The molecule has 6 rings (SSSR count). The van der Waals surface area contributed by atoms with E-state index in [-0.39, 0.29) is 11.9 Å². The number of benzene rings is 1. The number of amides is 1. The fourth-order valence-electron chi connectivity index (χ4n) is 6.76. The van der Waals surface area contributed by atoms with Crippen LogP contribution in [0.25, 0.3) is 11.4 Å². The van der Waals surface area contributed by atoms with E-state index in [1.807, 2.05) is 12.1 Å². The smallest absolute Gasteiger partial charge is 0.227 e. The van der Waals surface area contributed by atoms with Crippen LogP contribution in [0.1, 0.15) is 70.2 Å². The van der Waals surface area contributed by atoms with Gasteiger partial charge in [0.2, 0.25) is 17.6 Å². The fourth-order valence-corrected chi connectivity index (χ4v) is 6.76. The number of aryl methyl sites for hydroxylation is 2. The summed E-state index contributed by atoms with van der Waals surface area (Å²) in [5, 5.41) is 7.42. The first-order valence-electron chi connectivity index (χ1n) is 11.7. The first-order valence-corrected chi connectivity index (χ1v) is 11.7. The van der Waals surface area contributed by atoms with Crippen LogP contribution in [0.4, 0.5) is 0 Å². The fraction of sp³-hybridized carbons (Fsp3) is 0.640. The van der Waals surface area contributed by atoms with Gasteiger partial charge in [0, 0.05) is 24.4 Å². The quantitative estimate of drug-likeness (QED) is 0.705. The van der Waals surface area contributed by atoms with E-state index in [9.17, 15) is 4.79 Å². The van der Waals surface area contributed by atoms with E-state index in [1.165, 1.54) is 44.1 Å². The molecule has 4 aliphatic carbocycles. The van der Waals surface area contributed by atoms with E-state index in [0.717, 1.165) is 29.7 Å². The molecule has 160 valence electrons. The highest BCUT2D eigenvalue weighted by Crippen LogP contribution is 2.61. The molecule has 0 spiro atoms. The van der Waals surface area contributed by atoms with Gasteiger partial charge in [-0.2, -0.15) is 4.98 Å². The van der Waals surface area contributed by atoms with Crippen molar-refractivity contribution in [3.63, 3.8) is 0 Å². The van der Waals surface area contributed by atoms with Gasteiger partial charge in [0.25, 0.3) is 0 Å². The van der Waals surface area contributed by atoms with Crippen molar-refractivity contribution in [2.45, 2.75) is 77.7 Å². The monoisotopic (exact) mass is 407 g/mol. The number of carbonyl (C=O) groups is 1. The molecule has 30 heavy (non-hydrogen) atoms. The third-order valence-corrected chi connectivity index (χ3v) is 8.04. The Bertz CT molecular complexity index is 866. The molecule has 0 radical (unpaired) electrons. The second-order valence-corrected chi connectivity index (χ2v) is 10.1. The van der Waals surface area contributed by atoms with Gasteiger partial charge in [0.1, 0.15) is 0 Å². The summed E-state index contributed by atoms with van der Waals surface area (Å²) in [6.45, 7) is 4.37. The average Bonchev–Trinajstić information content (AvgIpc) is 3.20. The summed E-state index contributed by atoms with van der Waals surface area (Å²) in [4.78, 5) is 17.2. The Morgan fingerprint density at radius 2 is 1.77 bits per heavy atom. The van der Waals surface area contributed by atoms with Gasteiger partial charge in [-0.1, -0.05) is 36.3 Å². The highest BCUT2D eigenvalue weighted by molar-refractivity contribution is 5.76. The summed E-state index contributed by atoms with van der Waals surface area (Å²) in [5.41, 5.74) is 2.57. The van der Waals surface area contributed by atoms with Crippen molar-refractivity contribution in [1.29, 1.82) is 0 Å². The Kier molecular flexibility index (Phi) is 5.16. The van der Waals surface area contributed by atoms with Crippen LogP contribution in [-0.4, -0.2) is 22.1 Å². The number of nitrogens with zero attached hydrogens (tertiary/aromatic N) is 2. The summed E-state index contributed by atoms with van der Waals surface area (Å²) < 4.78 is 5.39. The molecule has 5 nitrogen and oxygen atoms in total. The molecule has 1 atom stereocenters. The van der Waals surface area contributed by atoms with Crippen LogP contribution in [0.2, 0.25) is 0 Å².